The second kappa shape index (κ2) is 3.81. The highest BCUT2D eigenvalue weighted by molar-refractivity contribution is 7.17. The average Bonchev–Trinajstić information content (AvgIpc) is 2.90. The van der Waals surface area contributed by atoms with Crippen LogP contribution in [0, 0.1) is 5.92 Å². The maximum Gasteiger partial charge on any atom is 0.349 e. The summed E-state index contributed by atoms with van der Waals surface area (Å²) in [6.07, 6.45) is 0. The molecule has 94 valence electrons. The first-order chi connectivity index (χ1) is 8.59. The fourth-order valence-corrected chi connectivity index (χ4v) is 2.89. The van der Waals surface area contributed by atoms with Crippen molar-refractivity contribution >= 4 is 27.3 Å². The van der Waals surface area contributed by atoms with Gasteiger partial charge in [0.1, 0.15) is 4.70 Å². The molecule has 0 aliphatic carbocycles. The van der Waals surface area contributed by atoms with Crippen LogP contribution in [0.2, 0.25) is 0 Å². The van der Waals surface area contributed by atoms with E-state index < -0.39 is 0 Å². The third-order valence-corrected chi connectivity index (χ3v) is 3.66. The summed E-state index contributed by atoms with van der Waals surface area (Å²) in [7, 11) is 0. The molecule has 0 amide bonds. The Hall–Kier alpha value is -1.89. The molecular formula is C11H12N4O2S. The van der Waals surface area contributed by atoms with Gasteiger partial charge in [0.2, 0.25) is 5.78 Å². The lowest BCUT2D eigenvalue weighted by Crippen LogP contribution is -2.26. The van der Waals surface area contributed by atoms with Gasteiger partial charge in [-0.05, 0) is 17.4 Å². The van der Waals surface area contributed by atoms with E-state index in [0.29, 0.717) is 28.5 Å². The van der Waals surface area contributed by atoms with Crippen molar-refractivity contribution in [3.8, 4) is 0 Å². The molecule has 1 N–H and O–H groups in total. The van der Waals surface area contributed by atoms with Crippen LogP contribution in [0.25, 0.3) is 16.0 Å². The van der Waals surface area contributed by atoms with Gasteiger partial charge in [-0.2, -0.15) is 0 Å². The van der Waals surface area contributed by atoms with E-state index in [9.17, 15) is 9.59 Å². The largest absolute Gasteiger partial charge is 0.349 e. The molecule has 0 aliphatic rings. The summed E-state index contributed by atoms with van der Waals surface area (Å²) >= 11 is 1.35. The van der Waals surface area contributed by atoms with Crippen LogP contribution in [0.4, 0.5) is 0 Å². The summed E-state index contributed by atoms with van der Waals surface area (Å²) in [6.45, 7) is 4.58. The van der Waals surface area contributed by atoms with Gasteiger partial charge in [-0.15, -0.1) is 16.4 Å². The van der Waals surface area contributed by atoms with Gasteiger partial charge < -0.3 is 0 Å². The highest BCUT2D eigenvalue weighted by atomic mass is 32.1. The SMILES string of the molecule is CC(C)Cn1c(=O)c2sccc2n2c(=O)[nH]nc12. The zero-order valence-corrected chi connectivity index (χ0v) is 10.8. The lowest BCUT2D eigenvalue weighted by atomic mass is 10.2. The van der Waals surface area contributed by atoms with Crippen molar-refractivity contribution in [3.63, 3.8) is 0 Å². The van der Waals surface area contributed by atoms with Gasteiger partial charge in [-0.3, -0.25) is 9.36 Å². The average molecular weight is 264 g/mol. The second-order valence-corrected chi connectivity index (χ2v) is 5.52. The first-order valence-corrected chi connectivity index (χ1v) is 6.54. The molecule has 3 rings (SSSR count). The van der Waals surface area contributed by atoms with Crippen molar-refractivity contribution in [1.82, 2.24) is 19.2 Å². The summed E-state index contributed by atoms with van der Waals surface area (Å²) in [6, 6.07) is 1.77. The molecule has 3 aromatic rings. The molecule has 0 bridgehead atoms. The van der Waals surface area contributed by atoms with E-state index in [0.717, 1.165) is 0 Å². The minimum absolute atomic E-state index is 0.0831. The van der Waals surface area contributed by atoms with Crippen LogP contribution in [0.3, 0.4) is 0 Å². The molecule has 0 saturated carbocycles. The van der Waals surface area contributed by atoms with E-state index in [1.807, 2.05) is 19.2 Å². The molecule has 0 atom stereocenters. The number of thiophene rings is 1. The highest BCUT2D eigenvalue weighted by Gasteiger charge is 2.15. The lowest BCUT2D eigenvalue weighted by molar-refractivity contribution is 0.518. The van der Waals surface area contributed by atoms with Gasteiger partial charge >= 0.3 is 5.69 Å². The number of rotatable bonds is 2. The standard InChI is InChI=1S/C11H12N4O2S/c1-6(2)5-14-9(16)8-7(3-4-18-8)15-10(14)12-13-11(15)17/h3-4,6H,5H2,1-2H3,(H,13,17). The fraction of sp³-hybridized carbons (Fsp3) is 0.364. The molecule has 0 radical (unpaired) electrons. The fourth-order valence-electron chi connectivity index (χ4n) is 2.07. The number of hydrogen-bond acceptors (Lipinski definition) is 4. The van der Waals surface area contributed by atoms with Gasteiger partial charge in [0.05, 0.1) is 5.52 Å². The second-order valence-electron chi connectivity index (χ2n) is 4.61. The minimum atomic E-state index is -0.314. The van der Waals surface area contributed by atoms with Gasteiger partial charge in [0, 0.05) is 6.54 Å². The number of aromatic nitrogens is 4. The summed E-state index contributed by atoms with van der Waals surface area (Å²) in [4.78, 5) is 24.1. The number of nitrogens with zero attached hydrogens (tertiary/aromatic N) is 3. The molecule has 6 nitrogen and oxygen atoms in total. The van der Waals surface area contributed by atoms with Crippen LogP contribution in [0.5, 0.6) is 0 Å². The topological polar surface area (TPSA) is 72.2 Å². The maximum absolute atomic E-state index is 12.4. The van der Waals surface area contributed by atoms with Crippen molar-refractivity contribution in [1.29, 1.82) is 0 Å². The van der Waals surface area contributed by atoms with E-state index in [1.54, 1.807) is 10.6 Å². The zero-order chi connectivity index (χ0) is 12.9. The quantitative estimate of drug-likeness (QED) is 0.752. The first-order valence-electron chi connectivity index (χ1n) is 5.66. The molecule has 0 aromatic carbocycles. The van der Waals surface area contributed by atoms with Gasteiger partial charge in [-0.1, -0.05) is 13.8 Å². The molecule has 3 aromatic heterocycles. The van der Waals surface area contributed by atoms with Crippen LogP contribution < -0.4 is 11.2 Å². The summed E-state index contributed by atoms with van der Waals surface area (Å²) < 4.78 is 3.60. The predicted octanol–water partition coefficient (Wildman–Crippen LogP) is 1.05. The molecule has 3 heterocycles. The number of nitrogens with one attached hydrogen (secondary N) is 1. The van der Waals surface area contributed by atoms with Crippen LogP contribution in [-0.4, -0.2) is 19.2 Å². The first kappa shape index (κ1) is 11.2. The van der Waals surface area contributed by atoms with Gasteiger partial charge in [0.25, 0.3) is 5.56 Å². The monoisotopic (exact) mass is 264 g/mol. The van der Waals surface area contributed by atoms with Gasteiger partial charge in [-0.25, -0.2) is 14.3 Å². The Morgan fingerprint density at radius 1 is 1.44 bits per heavy atom. The molecule has 0 saturated heterocycles. The zero-order valence-electron chi connectivity index (χ0n) is 10.0. The number of fused-ring (bicyclic) bond motifs is 3. The summed E-state index contributed by atoms with van der Waals surface area (Å²) in [5.74, 6) is 0.681. The molecule has 7 heteroatoms. The van der Waals surface area contributed by atoms with E-state index in [1.165, 1.54) is 15.7 Å². The van der Waals surface area contributed by atoms with Crippen molar-refractivity contribution in [3.05, 3.63) is 32.3 Å². The van der Waals surface area contributed by atoms with Crippen LogP contribution in [0.1, 0.15) is 13.8 Å². The maximum atomic E-state index is 12.4. The minimum Gasteiger partial charge on any atom is -0.275 e. The van der Waals surface area contributed by atoms with Crippen LogP contribution in [-0.2, 0) is 6.54 Å². The Kier molecular flexibility index (Phi) is 2.37. The smallest absolute Gasteiger partial charge is 0.275 e. The Morgan fingerprint density at radius 2 is 2.22 bits per heavy atom. The van der Waals surface area contributed by atoms with E-state index >= 15 is 0 Å². The number of hydrogen-bond donors (Lipinski definition) is 1. The highest BCUT2D eigenvalue weighted by Crippen LogP contribution is 2.17. The normalized spacial score (nSPS) is 11.9. The molecule has 0 fully saturated rings. The third kappa shape index (κ3) is 1.43. The van der Waals surface area contributed by atoms with Crippen LogP contribution >= 0.6 is 11.3 Å². The van der Waals surface area contributed by atoms with Crippen molar-refractivity contribution in [2.24, 2.45) is 5.92 Å². The summed E-state index contributed by atoms with van der Waals surface area (Å²) in [5.41, 5.74) is 0.227. The Morgan fingerprint density at radius 3 is 2.94 bits per heavy atom. The van der Waals surface area contributed by atoms with Crippen LogP contribution in [0.15, 0.2) is 21.0 Å². The Labute approximate surface area is 105 Å². The Balaban J connectivity index is 2.55. The molecule has 18 heavy (non-hydrogen) atoms. The van der Waals surface area contributed by atoms with Gasteiger partial charge in [0.15, 0.2) is 0 Å². The van der Waals surface area contributed by atoms with E-state index in [-0.39, 0.29) is 11.2 Å². The number of aromatic amines is 1. The third-order valence-electron chi connectivity index (χ3n) is 2.77. The van der Waals surface area contributed by atoms with E-state index in [2.05, 4.69) is 10.2 Å². The molecular weight excluding hydrogens is 252 g/mol. The molecule has 0 unspecified atom stereocenters. The molecule has 0 aliphatic heterocycles. The van der Waals surface area contributed by atoms with Crippen molar-refractivity contribution < 1.29 is 0 Å². The predicted molar refractivity (Wildman–Crippen MR) is 70.3 cm³/mol. The Bertz CT molecular complexity index is 836. The van der Waals surface area contributed by atoms with Crippen molar-refractivity contribution in [2.45, 2.75) is 20.4 Å². The van der Waals surface area contributed by atoms with Crippen molar-refractivity contribution in [2.75, 3.05) is 0 Å². The molecule has 0 spiro atoms. The number of H-pyrrole nitrogens is 1. The van der Waals surface area contributed by atoms with E-state index in [4.69, 9.17) is 0 Å². The summed E-state index contributed by atoms with van der Waals surface area (Å²) in [5, 5.41) is 8.17. The lowest BCUT2D eigenvalue weighted by Gasteiger charge is -2.09.